The molecule has 0 amide bonds. The summed E-state index contributed by atoms with van der Waals surface area (Å²) in [7, 11) is -3.54. The van der Waals surface area contributed by atoms with Gasteiger partial charge in [0.2, 0.25) is 10.0 Å². The molecule has 1 aliphatic carbocycles. The van der Waals surface area contributed by atoms with E-state index in [0.29, 0.717) is 18.4 Å². The maximum atomic E-state index is 12.4. The van der Waals surface area contributed by atoms with Crippen LogP contribution in [-0.2, 0) is 14.8 Å². The lowest BCUT2D eigenvalue weighted by Crippen LogP contribution is -2.68. The van der Waals surface area contributed by atoms with E-state index in [4.69, 9.17) is 10.5 Å². The van der Waals surface area contributed by atoms with E-state index in [1.807, 2.05) is 12.1 Å². The Labute approximate surface area is 125 Å². The Balaban J connectivity index is 1.75. The average Bonchev–Trinajstić information content (AvgIpc) is 2.90. The van der Waals surface area contributed by atoms with Crippen molar-refractivity contribution in [2.45, 2.75) is 49.3 Å². The maximum Gasteiger partial charge on any atom is 0.240 e. The van der Waals surface area contributed by atoms with Gasteiger partial charge in [0.15, 0.2) is 0 Å². The second-order valence-corrected chi connectivity index (χ2v) is 7.95. The normalized spacial score (nSPS) is 32.0. The molecule has 21 heavy (non-hydrogen) atoms. The van der Waals surface area contributed by atoms with Crippen molar-refractivity contribution in [3.8, 4) is 0 Å². The molecule has 6 heteroatoms. The SMILES string of the molecule is CC(C)c1ccc(S(=O)(=O)NC2C(N)C3CCOC32)cc1. The van der Waals surface area contributed by atoms with Crippen LogP contribution in [0.1, 0.15) is 31.7 Å². The Morgan fingerprint density at radius 2 is 1.95 bits per heavy atom. The molecule has 3 rings (SSSR count). The van der Waals surface area contributed by atoms with Crippen LogP contribution in [0.15, 0.2) is 29.2 Å². The molecule has 1 aromatic carbocycles. The monoisotopic (exact) mass is 310 g/mol. The van der Waals surface area contributed by atoms with Crippen molar-refractivity contribution in [1.82, 2.24) is 4.72 Å². The minimum atomic E-state index is -3.54. The molecule has 0 aromatic heterocycles. The van der Waals surface area contributed by atoms with Gasteiger partial charge in [-0.15, -0.1) is 0 Å². The molecule has 0 spiro atoms. The molecular formula is C15H22N2O3S. The van der Waals surface area contributed by atoms with Crippen molar-refractivity contribution in [3.05, 3.63) is 29.8 Å². The van der Waals surface area contributed by atoms with Crippen LogP contribution in [0.2, 0.25) is 0 Å². The molecule has 0 bridgehead atoms. The van der Waals surface area contributed by atoms with Gasteiger partial charge in [0.1, 0.15) is 0 Å². The van der Waals surface area contributed by atoms with E-state index >= 15 is 0 Å². The van der Waals surface area contributed by atoms with Crippen molar-refractivity contribution in [3.63, 3.8) is 0 Å². The fraction of sp³-hybridized carbons (Fsp3) is 0.600. The van der Waals surface area contributed by atoms with Crippen molar-refractivity contribution >= 4 is 10.0 Å². The van der Waals surface area contributed by atoms with Crippen molar-refractivity contribution in [2.24, 2.45) is 11.7 Å². The lowest BCUT2D eigenvalue weighted by Gasteiger charge is -2.45. The summed E-state index contributed by atoms with van der Waals surface area (Å²) in [6.07, 6.45) is 0.859. The number of ether oxygens (including phenoxy) is 1. The van der Waals surface area contributed by atoms with E-state index in [1.54, 1.807) is 12.1 Å². The van der Waals surface area contributed by atoms with Gasteiger partial charge < -0.3 is 10.5 Å². The van der Waals surface area contributed by atoms with Gasteiger partial charge in [0, 0.05) is 18.6 Å². The molecule has 2 aliphatic rings. The van der Waals surface area contributed by atoms with Crippen LogP contribution < -0.4 is 10.5 Å². The van der Waals surface area contributed by atoms with Gasteiger partial charge in [0.25, 0.3) is 0 Å². The first kappa shape index (κ1) is 15.0. The molecule has 5 nitrogen and oxygen atoms in total. The predicted octanol–water partition coefficient (Wildman–Crippen LogP) is 1.20. The third-order valence-electron chi connectivity index (χ3n) is 4.59. The summed E-state index contributed by atoms with van der Waals surface area (Å²) < 4.78 is 33.1. The Morgan fingerprint density at radius 1 is 1.29 bits per heavy atom. The third kappa shape index (κ3) is 2.61. The molecule has 1 aromatic rings. The summed E-state index contributed by atoms with van der Waals surface area (Å²) in [5.74, 6) is 0.670. The fourth-order valence-corrected chi connectivity index (χ4v) is 4.45. The minimum Gasteiger partial charge on any atom is -0.376 e. The highest BCUT2D eigenvalue weighted by Gasteiger charge is 2.53. The number of hydrogen-bond acceptors (Lipinski definition) is 4. The lowest BCUT2D eigenvalue weighted by atomic mass is 9.73. The van der Waals surface area contributed by atoms with Crippen LogP contribution in [0.3, 0.4) is 0 Å². The molecule has 1 aliphatic heterocycles. The number of benzene rings is 1. The Morgan fingerprint density at radius 3 is 2.57 bits per heavy atom. The van der Waals surface area contributed by atoms with Crippen LogP contribution in [0.25, 0.3) is 0 Å². The van der Waals surface area contributed by atoms with Crippen LogP contribution >= 0.6 is 0 Å². The number of fused-ring (bicyclic) bond motifs is 1. The van der Waals surface area contributed by atoms with E-state index < -0.39 is 10.0 Å². The first-order chi connectivity index (χ1) is 9.90. The number of nitrogens with one attached hydrogen (secondary N) is 1. The average molecular weight is 310 g/mol. The number of hydrogen-bond donors (Lipinski definition) is 2. The molecule has 4 unspecified atom stereocenters. The predicted molar refractivity (Wildman–Crippen MR) is 80.5 cm³/mol. The molecule has 116 valence electrons. The highest BCUT2D eigenvalue weighted by molar-refractivity contribution is 7.89. The summed E-state index contributed by atoms with van der Waals surface area (Å²) in [6.45, 7) is 4.82. The first-order valence-electron chi connectivity index (χ1n) is 7.39. The molecular weight excluding hydrogens is 288 g/mol. The van der Waals surface area contributed by atoms with E-state index in [1.165, 1.54) is 0 Å². The zero-order valence-electron chi connectivity index (χ0n) is 12.3. The van der Waals surface area contributed by atoms with Gasteiger partial charge in [-0.2, -0.15) is 0 Å². The van der Waals surface area contributed by atoms with Crippen LogP contribution in [0.5, 0.6) is 0 Å². The highest BCUT2D eigenvalue weighted by Crippen LogP contribution is 2.38. The number of rotatable bonds is 4. The molecule has 4 atom stereocenters. The summed E-state index contributed by atoms with van der Waals surface area (Å²) >= 11 is 0. The van der Waals surface area contributed by atoms with E-state index in [9.17, 15) is 8.42 Å². The topological polar surface area (TPSA) is 81.4 Å². The lowest BCUT2D eigenvalue weighted by molar-refractivity contribution is -0.00924. The first-order valence-corrected chi connectivity index (χ1v) is 8.88. The van der Waals surface area contributed by atoms with Crippen LogP contribution in [-0.4, -0.2) is 33.2 Å². The number of sulfonamides is 1. The standard InChI is InChI=1S/C15H22N2O3S/c1-9(2)10-3-5-11(6-4-10)21(18,19)17-14-13(16)12-7-8-20-15(12)14/h3-6,9,12-15,17H,7-8,16H2,1-2H3. The zero-order chi connectivity index (χ0) is 15.2. The summed E-state index contributed by atoms with van der Waals surface area (Å²) in [4.78, 5) is 0.278. The van der Waals surface area contributed by atoms with Gasteiger partial charge in [-0.05, 0) is 30.0 Å². The third-order valence-corrected chi connectivity index (χ3v) is 6.07. The molecule has 2 fully saturated rings. The van der Waals surface area contributed by atoms with Gasteiger partial charge >= 0.3 is 0 Å². The van der Waals surface area contributed by atoms with Crippen molar-refractivity contribution < 1.29 is 13.2 Å². The second kappa shape index (κ2) is 5.35. The smallest absolute Gasteiger partial charge is 0.240 e. The maximum absolute atomic E-state index is 12.4. The number of nitrogens with two attached hydrogens (primary N) is 1. The van der Waals surface area contributed by atoms with Crippen molar-refractivity contribution in [2.75, 3.05) is 6.61 Å². The van der Waals surface area contributed by atoms with Gasteiger partial charge in [0.05, 0.1) is 17.0 Å². The largest absolute Gasteiger partial charge is 0.376 e. The van der Waals surface area contributed by atoms with E-state index in [0.717, 1.165) is 12.0 Å². The summed E-state index contributed by atoms with van der Waals surface area (Å²) in [6, 6.07) is 6.54. The van der Waals surface area contributed by atoms with E-state index in [2.05, 4.69) is 18.6 Å². The van der Waals surface area contributed by atoms with Crippen molar-refractivity contribution in [1.29, 1.82) is 0 Å². The van der Waals surface area contributed by atoms with Crippen LogP contribution in [0, 0.1) is 5.92 Å². The minimum absolute atomic E-state index is 0.0651. The zero-order valence-corrected chi connectivity index (χ0v) is 13.1. The second-order valence-electron chi connectivity index (χ2n) is 6.24. The Kier molecular flexibility index (Phi) is 3.81. The van der Waals surface area contributed by atoms with E-state index in [-0.39, 0.29) is 23.1 Å². The Bertz CT molecular complexity index is 612. The molecule has 1 saturated heterocycles. The molecule has 0 radical (unpaired) electrons. The summed E-state index contributed by atoms with van der Waals surface area (Å²) in [5, 5.41) is 0. The Hall–Kier alpha value is -0.950. The quantitative estimate of drug-likeness (QED) is 0.875. The van der Waals surface area contributed by atoms with Gasteiger partial charge in [-0.25, -0.2) is 13.1 Å². The summed E-state index contributed by atoms with van der Waals surface area (Å²) in [5.41, 5.74) is 7.17. The van der Waals surface area contributed by atoms with Crippen LogP contribution in [0.4, 0.5) is 0 Å². The highest BCUT2D eigenvalue weighted by atomic mass is 32.2. The molecule has 1 saturated carbocycles. The molecule has 1 heterocycles. The van der Waals surface area contributed by atoms with Gasteiger partial charge in [-0.3, -0.25) is 0 Å². The van der Waals surface area contributed by atoms with Gasteiger partial charge in [-0.1, -0.05) is 26.0 Å². The molecule has 3 N–H and O–H groups in total. The fourth-order valence-electron chi connectivity index (χ4n) is 3.17.